The number of aromatic nitrogens is 1. The summed E-state index contributed by atoms with van der Waals surface area (Å²) in [6.07, 6.45) is 3.98. The molecule has 2 saturated heterocycles. The van der Waals surface area contributed by atoms with Crippen LogP contribution in [0.4, 0.5) is 5.13 Å². The Bertz CT molecular complexity index is 606. The monoisotopic (exact) mass is 273 g/mol. The van der Waals surface area contributed by atoms with E-state index >= 15 is 0 Å². The fourth-order valence-corrected chi connectivity index (χ4v) is 4.56. The van der Waals surface area contributed by atoms with Crippen LogP contribution < -0.4 is 5.32 Å². The fourth-order valence-electron chi connectivity index (χ4n) is 3.56. The molecule has 2 unspecified atom stereocenters. The number of hydrogen-bond donors (Lipinski definition) is 1. The molecule has 2 atom stereocenters. The Labute approximate surface area is 117 Å². The van der Waals surface area contributed by atoms with Gasteiger partial charge in [-0.1, -0.05) is 23.5 Å². The summed E-state index contributed by atoms with van der Waals surface area (Å²) >= 11 is 1.79. The number of hydrogen-bond acceptors (Lipinski definition) is 4. The Kier molecular flexibility index (Phi) is 2.74. The standard InChI is InChI=1S/C15H19N3S/c1-10-4-2-6-13-14(10)17-15(19-13)16-11-7-9-18-8-3-5-12(11)18/h2,4,6,11-12H,3,5,7-9H2,1H3,(H,16,17). The number of anilines is 1. The average Bonchev–Trinajstić information content (AvgIpc) is 3.07. The van der Waals surface area contributed by atoms with Crippen molar-refractivity contribution in [2.75, 3.05) is 18.4 Å². The van der Waals surface area contributed by atoms with Crippen LogP contribution in [0.25, 0.3) is 10.2 Å². The van der Waals surface area contributed by atoms with Crippen LogP contribution in [-0.2, 0) is 0 Å². The van der Waals surface area contributed by atoms with Crippen molar-refractivity contribution in [2.24, 2.45) is 0 Å². The zero-order valence-electron chi connectivity index (χ0n) is 11.2. The number of aryl methyl sites for hydroxylation is 1. The van der Waals surface area contributed by atoms with E-state index in [9.17, 15) is 0 Å². The summed E-state index contributed by atoms with van der Waals surface area (Å²) in [6, 6.07) is 7.77. The Morgan fingerprint density at radius 2 is 2.26 bits per heavy atom. The van der Waals surface area contributed by atoms with Crippen LogP contribution in [0.5, 0.6) is 0 Å². The van der Waals surface area contributed by atoms with Crippen LogP contribution in [-0.4, -0.2) is 35.1 Å². The number of nitrogens with zero attached hydrogens (tertiary/aromatic N) is 2. The molecule has 2 aliphatic heterocycles. The van der Waals surface area contributed by atoms with Gasteiger partial charge in [0.05, 0.1) is 10.2 Å². The molecule has 0 bridgehead atoms. The number of rotatable bonds is 2. The summed E-state index contributed by atoms with van der Waals surface area (Å²) in [5.41, 5.74) is 2.44. The van der Waals surface area contributed by atoms with E-state index in [1.54, 1.807) is 11.3 Å². The third kappa shape index (κ3) is 1.94. The number of thiazole rings is 1. The quantitative estimate of drug-likeness (QED) is 0.910. The molecule has 0 amide bonds. The molecule has 0 radical (unpaired) electrons. The van der Waals surface area contributed by atoms with E-state index in [4.69, 9.17) is 4.98 Å². The van der Waals surface area contributed by atoms with Gasteiger partial charge >= 0.3 is 0 Å². The maximum Gasteiger partial charge on any atom is 0.184 e. The first-order valence-electron chi connectivity index (χ1n) is 7.18. The molecule has 0 saturated carbocycles. The van der Waals surface area contributed by atoms with Gasteiger partial charge < -0.3 is 5.32 Å². The van der Waals surface area contributed by atoms with Crippen molar-refractivity contribution in [1.82, 2.24) is 9.88 Å². The van der Waals surface area contributed by atoms with Crippen molar-refractivity contribution in [3.8, 4) is 0 Å². The lowest BCUT2D eigenvalue weighted by molar-refractivity contribution is 0.318. The average molecular weight is 273 g/mol. The Morgan fingerprint density at radius 3 is 3.16 bits per heavy atom. The van der Waals surface area contributed by atoms with Crippen molar-refractivity contribution in [2.45, 2.75) is 38.3 Å². The van der Waals surface area contributed by atoms with E-state index in [1.807, 2.05) is 0 Å². The highest BCUT2D eigenvalue weighted by Gasteiger charge is 2.37. The van der Waals surface area contributed by atoms with Crippen LogP contribution in [0.2, 0.25) is 0 Å². The topological polar surface area (TPSA) is 28.2 Å². The molecule has 19 heavy (non-hydrogen) atoms. The Morgan fingerprint density at radius 1 is 1.32 bits per heavy atom. The minimum absolute atomic E-state index is 0.600. The first-order chi connectivity index (χ1) is 9.31. The van der Waals surface area contributed by atoms with Gasteiger partial charge in [0.25, 0.3) is 0 Å². The van der Waals surface area contributed by atoms with Gasteiger partial charge in [-0.25, -0.2) is 4.98 Å². The van der Waals surface area contributed by atoms with Gasteiger partial charge in [-0.15, -0.1) is 0 Å². The molecule has 0 aliphatic carbocycles. The first-order valence-corrected chi connectivity index (χ1v) is 8.00. The van der Waals surface area contributed by atoms with Gasteiger partial charge in [0.2, 0.25) is 0 Å². The van der Waals surface area contributed by atoms with E-state index in [0.717, 1.165) is 16.7 Å². The lowest BCUT2D eigenvalue weighted by atomic mass is 10.1. The van der Waals surface area contributed by atoms with Crippen LogP contribution in [0.1, 0.15) is 24.8 Å². The number of fused-ring (bicyclic) bond motifs is 2. The van der Waals surface area contributed by atoms with Crippen molar-refractivity contribution in [3.63, 3.8) is 0 Å². The Balaban J connectivity index is 1.60. The predicted octanol–water partition coefficient (Wildman–Crippen LogP) is 3.25. The van der Waals surface area contributed by atoms with Gasteiger partial charge in [0, 0.05) is 18.6 Å². The molecule has 1 aromatic heterocycles. The maximum atomic E-state index is 4.78. The lowest BCUT2D eigenvalue weighted by Gasteiger charge is -2.20. The summed E-state index contributed by atoms with van der Waals surface area (Å²) in [5, 5.41) is 4.79. The Hall–Kier alpha value is -1.13. The normalized spacial score (nSPS) is 27.0. The first kappa shape index (κ1) is 11.7. The molecule has 2 aromatic rings. The third-order valence-electron chi connectivity index (χ3n) is 4.54. The summed E-state index contributed by atoms with van der Waals surface area (Å²) in [5.74, 6) is 0. The minimum Gasteiger partial charge on any atom is -0.357 e. The van der Waals surface area contributed by atoms with Crippen molar-refractivity contribution >= 4 is 26.7 Å². The molecular formula is C15H19N3S. The lowest BCUT2D eigenvalue weighted by Crippen LogP contribution is -2.33. The van der Waals surface area contributed by atoms with Crippen LogP contribution >= 0.6 is 11.3 Å². The summed E-state index contributed by atoms with van der Waals surface area (Å²) in [7, 11) is 0. The van der Waals surface area contributed by atoms with E-state index < -0.39 is 0 Å². The second-order valence-electron chi connectivity index (χ2n) is 5.73. The van der Waals surface area contributed by atoms with Crippen molar-refractivity contribution < 1.29 is 0 Å². The molecule has 100 valence electrons. The summed E-state index contributed by atoms with van der Waals surface area (Å²) in [6.45, 7) is 4.69. The number of para-hydroxylation sites is 1. The SMILES string of the molecule is Cc1cccc2sc(NC3CCN4CCCC34)nc12. The third-order valence-corrected chi connectivity index (χ3v) is 5.49. The summed E-state index contributed by atoms with van der Waals surface area (Å²) in [4.78, 5) is 7.41. The highest BCUT2D eigenvalue weighted by atomic mass is 32.1. The highest BCUT2D eigenvalue weighted by Crippen LogP contribution is 2.33. The van der Waals surface area contributed by atoms with E-state index in [0.29, 0.717) is 6.04 Å². The van der Waals surface area contributed by atoms with Gasteiger partial charge in [0.1, 0.15) is 0 Å². The van der Waals surface area contributed by atoms with E-state index in [1.165, 1.54) is 42.6 Å². The van der Waals surface area contributed by atoms with Crippen molar-refractivity contribution in [3.05, 3.63) is 23.8 Å². The number of nitrogens with one attached hydrogen (secondary N) is 1. The molecule has 4 rings (SSSR count). The van der Waals surface area contributed by atoms with Gasteiger partial charge in [-0.05, 0) is 44.4 Å². The maximum absolute atomic E-state index is 4.78. The molecule has 3 nitrogen and oxygen atoms in total. The molecule has 4 heteroatoms. The van der Waals surface area contributed by atoms with Crippen molar-refractivity contribution in [1.29, 1.82) is 0 Å². The smallest absolute Gasteiger partial charge is 0.184 e. The van der Waals surface area contributed by atoms with Gasteiger partial charge in [-0.2, -0.15) is 0 Å². The second kappa shape index (κ2) is 4.46. The molecule has 2 fully saturated rings. The molecule has 1 N–H and O–H groups in total. The van der Waals surface area contributed by atoms with Crippen LogP contribution in [0, 0.1) is 6.92 Å². The predicted molar refractivity (Wildman–Crippen MR) is 81.0 cm³/mol. The molecule has 0 spiro atoms. The van der Waals surface area contributed by atoms with Gasteiger partial charge in [-0.3, -0.25) is 4.90 Å². The molecule has 1 aromatic carbocycles. The van der Waals surface area contributed by atoms with Crippen LogP contribution in [0.15, 0.2) is 18.2 Å². The zero-order valence-corrected chi connectivity index (χ0v) is 12.0. The van der Waals surface area contributed by atoms with E-state index in [2.05, 4.69) is 35.3 Å². The molecule has 2 aliphatic rings. The fraction of sp³-hybridized carbons (Fsp3) is 0.533. The zero-order chi connectivity index (χ0) is 12.8. The summed E-state index contributed by atoms with van der Waals surface area (Å²) < 4.78 is 1.30. The molecular weight excluding hydrogens is 254 g/mol. The number of benzene rings is 1. The van der Waals surface area contributed by atoms with Gasteiger partial charge in [0.15, 0.2) is 5.13 Å². The van der Waals surface area contributed by atoms with Crippen LogP contribution in [0.3, 0.4) is 0 Å². The van der Waals surface area contributed by atoms with E-state index in [-0.39, 0.29) is 0 Å². The largest absolute Gasteiger partial charge is 0.357 e. The highest BCUT2D eigenvalue weighted by molar-refractivity contribution is 7.22. The molecule has 3 heterocycles. The minimum atomic E-state index is 0.600. The second-order valence-corrected chi connectivity index (χ2v) is 6.76.